The van der Waals surface area contributed by atoms with Gasteiger partial charge in [-0.15, -0.1) is 0 Å². The molecule has 0 bridgehead atoms. The van der Waals surface area contributed by atoms with E-state index in [4.69, 9.17) is 4.55 Å². The predicted molar refractivity (Wildman–Crippen MR) is 51.4 cm³/mol. The zero-order valence-electron chi connectivity index (χ0n) is 7.66. The summed E-state index contributed by atoms with van der Waals surface area (Å²) in [4.78, 5) is 0. The van der Waals surface area contributed by atoms with Crippen LogP contribution in [0, 0.1) is 11.8 Å². The summed E-state index contributed by atoms with van der Waals surface area (Å²) in [7, 11) is 0. The van der Waals surface area contributed by atoms with Crippen molar-refractivity contribution in [3.05, 3.63) is 0 Å². The molecule has 0 heterocycles. The molecule has 12 heavy (non-hydrogen) atoms. The fourth-order valence-corrected chi connectivity index (χ4v) is 2.74. The second-order valence-electron chi connectivity index (χ2n) is 3.78. The van der Waals surface area contributed by atoms with E-state index in [-0.39, 0.29) is 0 Å². The molecule has 0 aromatic heterocycles. The zero-order chi connectivity index (χ0) is 8.97. The quantitative estimate of drug-likeness (QED) is 0.694. The molecule has 1 rings (SSSR count). The van der Waals surface area contributed by atoms with Gasteiger partial charge in [-0.25, -0.2) is 4.21 Å². The molecule has 3 heteroatoms. The SMILES string of the molecule is CCC1CCC(CS(=O)O)CC1. The molecule has 0 radical (unpaired) electrons. The molecular formula is C9H18O2S. The summed E-state index contributed by atoms with van der Waals surface area (Å²) in [6.45, 7) is 2.23. The lowest BCUT2D eigenvalue weighted by Gasteiger charge is -2.26. The first-order chi connectivity index (χ1) is 5.72. The fourth-order valence-electron chi connectivity index (χ4n) is 2.01. The van der Waals surface area contributed by atoms with Gasteiger partial charge in [-0.1, -0.05) is 26.2 Å². The first kappa shape index (κ1) is 10.2. The lowest BCUT2D eigenvalue weighted by molar-refractivity contribution is 0.285. The van der Waals surface area contributed by atoms with Crippen molar-refractivity contribution in [2.45, 2.75) is 39.0 Å². The van der Waals surface area contributed by atoms with E-state index >= 15 is 0 Å². The van der Waals surface area contributed by atoms with Gasteiger partial charge >= 0.3 is 0 Å². The maximum atomic E-state index is 10.5. The van der Waals surface area contributed by atoms with Crippen LogP contribution in [0.15, 0.2) is 0 Å². The van der Waals surface area contributed by atoms with Crippen LogP contribution in [0.3, 0.4) is 0 Å². The van der Waals surface area contributed by atoms with E-state index in [9.17, 15) is 4.21 Å². The van der Waals surface area contributed by atoms with Crippen molar-refractivity contribution in [2.75, 3.05) is 5.75 Å². The molecule has 1 saturated carbocycles. The summed E-state index contributed by atoms with van der Waals surface area (Å²) in [5.74, 6) is 1.89. The van der Waals surface area contributed by atoms with Crippen LogP contribution >= 0.6 is 0 Å². The second kappa shape index (κ2) is 4.97. The molecule has 0 aliphatic heterocycles. The second-order valence-corrected chi connectivity index (χ2v) is 4.76. The molecule has 0 amide bonds. The lowest BCUT2D eigenvalue weighted by atomic mass is 9.82. The smallest absolute Gasteiger partial charge is 0.153 e. The molecule has 1 aliphatic carbocycles. The van der Waals surface area contributed by atoms with E-state index in [2.05, 4.69) is 6.92 Å². The molecule has 1 N–H and O–H groups in total. The third-order valence-corrected chi connectivity index (χ3v) is 3.68. The van der Waals surface area contributed by atoms with Crippen LogP contribution in [0.1, 0.15) is 39.0 Å². The van der Waals surface area contributed by atoms with Gasteiger partial charge in [0.25, 0.3) is 0 Å². The van der Waals surface area contributed by atoms with Crippen molar-refractivity contribution >= 4 is 11.1 Å². The predicted octanol–water partition coefficient (Wildman–Crippen LogP) is 2.42. The van der Waals surface area contributed by atoms with Gasteiger partial charge < -0.3 is 4.55 Å². The molecule has 1 atom stereocenters. The largest absolute Gasteiger partial charge is 0.306 e. The molecule has 1 unspecified atom stereocenters. The number of hydrogen-bond donors (Lipinski definition) is 1. The fraction of sp³-hybridized carbons (Fsp3) is 1.00. The molecule has 2 nitrogen and oxygen atoms in total. The molecule has 1 aliphatic rings. The van der Waals surface area contributed by atoms with E-state index < -0.39 is 11.1 Å². The Morgan fingerprint density at radius 3 is 2.17 bits per heavy atom. The Balaban J connectivity index is 2.21. The van der Waals surface area contributed by atoms with E-state index in [1.54, 1.807) is 0 Å². The third-order valence-electron chi connectivity index (χ3n) is 2.92. The first-order valence-corrected chi connectivity index (χ1v) is 6.07. The summed E-state index contributed by atoms with van der Waals surface area (Å²) in [5, 5.41) is 0. The van der Waals surface area contributed by atoms with Crippen LogP contribution in [0.2, 0.25) is 0 Å². The van der Waals surface area contributed by atoms with Gasteiger partial charge in [0, 0.05) is 0 Å². The van der Waals surface area contributed by atoms with Gasteiger partial charge in [0.1, 0.15) is 0 Å². The maximum absolute atomic E-state index is 10.5. The molecule has 0 aromatic rings. The Morgan fingerprint density at radius 1 is 1.25 bits per heavy atom. The summed E-state index contributed by atoms with van der Waals surface area (Å²) < 4.78 is 19.2. The lowest BCUT2D eigenvalue weighted by Crippen LogP contribution is -2.18. The van der Waals surface area contributed by atoms with E-state index in [1.165, 1.54) is 19.3 Å². The first-order valence-electron chi connectivity index (χ1n) is 4.79. The van der Waals surface area contributed by atoms with Gasteiger partial charge in [0.2, 0.25) is 0 Å². The molecule has 72 valence electrons. The van der Waals surface area contributed by atoms with Gasteiger partial charge in [-0.2, -0.15) is 0 Å². The van der Waals surface area contributed by atoms with Crippen LogP contribution in [-0.2, 0) is 11.1 Å². The monoisotopic (exact) mass is 190 g/mol. The molecule has 0 spiro atoms. The molecule has 0 aromatic carbocycles. The van der Waals surface area contributed by atoms with Gasteiger partial charge in [0.15, 0.2) is 11.1 Å². The van der Waals surface area contributed by atoms with Crippen molar-refractivity contribution in [1.29, 1.82) is 0 Å². The number of rotatable bonds is 3. The highest BCUT2D eigenvalue weighted by Gasteiger charge is 2.20. The van der Waals surface area contributed by atoms with E-state index in [0.29, 0.717) is 11.7 Å². The molecule has 1 fully saturated rings. The average molecular weight is 190 g/mol. The number of hydrogen-bond acceptors (Lipinski definition) is 1. The Kier molecular flexibility index (Phi) is 4.22. The molecule has 0 saturated heterocycles. The van der Waals surface area contributed by atoms with E-state index in [0.717, 1.165) is 18.8 Å². The minimum absolute atomic E-state index is 0.496. The highest BCUT2D eigenvalue weighted by Crippen LogP contribution is 2.30. The van der Waals surface area contributed by atoms with Crippen LogP contribution < -0.4 is 0 Å². The van der Waals surface area contributed by atoms with Gasteiger partial charge in [-0.05, 0) is 24.7 Å². The third kappa shape index (κ3) is 3.23. The highest BCUT2D eigenvalue weighted by atomic mass is 32.2. The van der Waals surface area contributed by atoms with Gasteiger partial charge in [-0.3, -0.25) is 0 Å². The van der Waals surface area contributed by atoms with Crippen molar-refractivity contribution in [1.82, 2.24) is 0 Å². The Morgan fingerprint density at radius 2 is 1.75 bits per heavy atom. The van der Waals surface area contributed by atoms with Crippen LogP contribution in [0.25, 0.3) is 0 Å². The maximum Gasteiger partial charge on any atom is 0.153 e. The van der Waals surface area contributed by atoms with Crippen molar-refractivity contribution in [2.24, 2.45) is 11.8 Å². The van der Waals surface area contributed by atoms with Crippen LogP contribution in [0.5, 0.6) is 0 Å². The summed E-state index contributed by atoms with van der Waals surface area (Å²) in [6.07, 6.45) is 6.11. The minimum Gasteiger partial charge on any atom is -0.306 e. The standard InChI is InChI=1S/C9H18O2S/c1-2-8-3-5-9(6-4-8)7-12(10)11/h8-9H,2-7H2,1H3,(H,10,11). The highest BCUT2D eigenvalue weighted by molar-refractivity contribution is 7.79. The van der Waals surface area contributed by atoms with Crippen molar-refractivity contribution in [3.63, 3.8) is 0 Å². The minimum atomic E-state index is -1.58. The van der Waals surface area contributed by atoms with Crippen molar-refractivity contribution < 1.29 is 8.76 Å². The van der Waals surface area contributed by atoms with Crippen molar-refractivity contribution in [3.8, 4) is 0 Å². The van der Waals surface area contributed by atoms with E-state index in [1.807, 2.05) is 0 Å². The van der Waals surface area contributed by atoms with Crippen LogP contribution in [0.4, 0.5) is 0 Å². The molecular weight excluding hydrogens is 172 g/mol. The normalized spacial score (nSPS) is 33.2. The zero-order valence-corrected chi connectivity index (χ0v) is 8.48. The summed E-state index contributed by atoms with van der Waals surface area (Å²) in [5.41, 5.74) is 0. The Hall–Kier alpha value is 0.110. The average Bonchev–Trinajstić information content (AvgIpc) is 2.05. The topological polar surface area (TPSA) is 37.3 Å². The Labute approximate surface area is 77.0 Å². The Bertz CT molecular complexity index is 151. The summed E-state index contributed by atoms with van der Waals surface area (Å²) in [6, 6.07) is 0. The summed E-state index contributed by atoms with van der Waals surface area (Å²) >= 11 is -1.58. The van der Waals surface area contributed by atoms with Crippen LogP contribution in [-0.4, -0.2) is 14.5 Å². The van der Waals surface area contributed by atoms with Gasteiger partial charge in [0.05, 0.1) is 5.75 Å².